The molecule has 118 valence electrons. The predicted molar refractivity (Wildman–Crippen MR) is 89.2 cm³/mol. The molecular formula is C18H30N2O. The third kappa shape index (κ3) is 3.41. The molecule has 3 nitrogen and oxygen atoms in total. The van der Waals surface area contributed by atoms with Gasteiger partial charge in [-0.05, 0) is 71.3 Å². The van der Waals surface area contributed by atoms with E-state index >= 15 is 0 Å². The van der Waals surface area contributed by atoms with E-state index in [-0.39, 0.29) is 5.41 Å². The molecule has 0 aliphatic carbocycles. The monoisotopic (exact) mass is 290 g/mol. The van der Waals surface area contributed by atoms with Crippen molar-refractivity contribution in [3.05, 3.63) is 28.8 Å². The van der Waals surface area contributed by atoms with Gasteiger partial charge in [-0.15, -0.1) is 0 Å². The summed E-state index contributed by atoms with van der Waals surface area (Å²) in [5, 5.41) is 0. The summed E-state index contributed by atoms with van der Waals surface area (Å²) in [5.41, 5.74) is 10.3. The zero-order valence-corrected chi connectivity index (χ0v) is 14.0. The van der Waals surface area contributed by atoms with Crippen molar-refractivity contribution in [2.45, 2.75) is 44.9 Å². The molecule has 3 heteroatoms. The van der Waals surface area contributed by atoms with Crippen LogP contribution < -0.4 is 10.5 Å². The number of ether oxygens (including phenoxy) is 1. The first-order chi connectivity index (χ1) is 10.00. The Morgan fingerprint density at radius 1 is 1.24 bits per heavy atom. The van der Waals surface area contributed by atoms with Gasteiger partial charge in [0.1, 0.15) is 5.75 Å². The molecule has 0 aromatic heterocycles. The van der Waals surface area contributed by atoms with Crippen LogP contribution in [0.4, 0.5) is 0 Å². The van der Waals surface area contributed by atoms with Crippen LogP contribution in [0.25, 0.3) is 0 Å². The summed E-state index contributed by atoms with van der Waals surface area (Å²) in [4.78, 5) is 2.25. The highest BCUT2D eigenvalue weighted by atomic mass is 16.5. The van der Waals surface area contributed by atoms with Gasteiger partial charge in [0, 0.05) is 17.5 Å². The lowest BCUT2D eigenvalue weighted by molar-refractivity contribution is 0.300. The van der Waals surface area contributed by atoms with Crippen LogP contribution in [-0.4, -0.2) is 38.7 Å². The van der Waals surface area contributed by atoms with Gasteiger partial charge in [-0.3, -0.25) is 0 Å². The van der Waals surface area contributed by atoms with E-state index in [0.717, 1.165) is 38.2 Å². The maximum absolute atomic E-state index is 6.29. The van der Waals surface area contributed by atoms with E-state index in [1.807, 2.05) is 0 Å². The van der Waals surface area contributed by atoms with E-state index in [0.29, 0.717) is 6.54 Å². The van der Waals surface area contributed by atoms with Gasteiger partial charge in [-0.25, -0.2) is 0 Å². The zero-order chi connectivity index (χ0) is 15.5. The molecule has 1 atom stereocenters. The Bertz CT molecular complexity index is 484. The lowest BCUT2D eigenvalue weighted by Gasteiger charge is -2.35. The fourth-order valence-corrected chi connectivity index (χ4v) is 3.63. The fraction of sp³-hybridized carbons (Fsp3) is 0.667. The average Bonchev–Trinajstić information content (AvgIpc) is 2.64. The molecule has 2 rings (SSSR count). The quantitative estimate of drug-likeness (QED) is 0.906. The summed E-state index contributed by atoms with van der Waals surface area (Å²) in [6.07, 6.45) is 4.54. The van der Waals surface area contributed by atoms with Crippen LogP contribution in [0.15, 0.2) is 12.1 Å². The van der Waals surface area contributed by atoms with E-state index < -0.39 is 0 Å². The van der Waals surface area contributed by atoms with Crippen LogP contribution in [0, 0.1) is 13.8 Å². The SMILES string of the molecule is Cc1ccc(C)c2c1OCCCC2(CN)CCCN(C)C. The highest BCUT2D eigenvalue weighted by Gasteiger charge is 2.36. The first-order valence-corrected chi connectivity index (χ1v) is 8.08. The minimum atomic E-state index is 0.0813. The number of nitrogens with zero attached hydrogens (tertiary/aromatic N) is 1. The van der Waals surface area contributed by atoms with Crippen molar-refractivity contribution in [1.29, 1.82) is 0 Å². The molecule has 1 aromatic carbocycles. The minimum Gasteiger partial charge on any atom is -0.493 e. The molecule has 21 heavy (non-hydrogen) atoms. The molecule has 0 bridgehead atoms. The van der Waals surface area contributed by atoms with Gasteiger partial charge in [-0.2, -0.15) is 0 Å². The summed E-state index contributed by atoms with van der Waals surface area (Å²) in [6, 6.07) is 4.39. The number of hydrogen-bond donors (Lipinski definition) is 1. The molecule has 1 unspecified atom stereocenters. The van der Waals surface area contributed by atoms with Crippen molar-refractivity contribution in [3.8, 4) is 5.75 Å². The van der Waals surface area contributed by atoms with E-state index in [1.54, 1.807) is 0 Å². The van der Waals surface area contributed by atoms with Crippen molar-refractivity contribution < 1.29 is 4.74 Å². The van der Waals surface area contributed by atoms with Crippen LogP contribution in [0.1, 0.15) is 42.4 Å². The van der Waals surface area contributed by atoms with Gasteiger partial charge in [0.25, 0.3) is 0 Å². The standard InChI is InChI=1S/C18H30N2O/c1-14-7-8-15(2)17-16(14)18(13-19,10-6-12-21-17)9-5-11-20(3)4/h7-8H,5-6,9-13,19H2,1-4H3. The topological polar surface area (TPSA) is 38.5 Å². The summed E-state index contributed by atoms with van der Waals surface area (Å²) in [5.74, 6) is 1.10. The zero-order valence-electron chi connectivity index (χ0n) is 14.0. The maximum atomic E-state index is 6.29. The van der Waals surface area contributed by atoms with Crippen molar-refractivity contribution >= 4 is 0 Å². The Balaban J connectivity index is 2.39. The summed E-state index contributed by atoms with van der Waals surface area (Å²) in [6.45, 7) is 6.98. The second kappa shape index (κ2) is 6.80. The van der Waals surface area contributed by atoms with Crippen LogP contribution in [0.3, 0.4) is 0 Å². The highest BCUT2D eigenvalue weighted by molar-refractivity contribution is 5.50. The van der Waals surface area contributed by atoms with Crippen molar-refractivity contribution in [2.75, 3.05) is 33.8 Å². The van der Waals surface area contributed by atoms with E-state index in [9.17, 15) is 0 Å². The number of rotatable bonds is 5. The maximum Gasteiger partial charge on any atom is 0.126 e. The molecule has 1 aromatic rings. The number of fused-ring (bicyclic) bond motifs is 1. The van der Waals surface area contributed by atoms with Crippen molar-refractivity contribution in [3.63, 3.8) is 0 Å². The second-order valence-corrected chi connectivity index (χ2v) is 6.75. The third-order valence-corrected chi connectivity index (χ3v) is 4.79. The Kier molecular flexibility index (Phi) is 5.28. The van der Waals surface area contributed by atoms with Gasteiger partial charge in [0.05, 0.1) is 6.61 Å². The Morgan fingerprint density at radius 3 is 2.62 bits per heavy atom. The number of hydrogen-bond acceptors (Lipinski definition) is 3. The molecule has 0 fully saturated rings. The number of nitrogens with two attached hydrogens (primary N) is 1. The first-order valence-electron chi connectivity index (χ1n) is 8.08. The van der Waals surface area contributed by atoms with Gasteiger partial charge >= 0.3 is 0 Å². The van der Waals surface area contributed by atoms with Crippen molar-refractivity contribution in [1.82, 2.24) is 4.90 Å². The van der Waals surface area contributed by atoms with Crippen LogP contribution in [0.2, 0.25) is 0 Å². The molecule has 1 aliphatic rings. The number of benzene rings is 1. The Morgan fingerprint density at radius 2 is 1.95 bits per heavy atom. The molecule has 0 amide bonds. The molecule has 2 N–H and O–H groups in total. The van der Waals surface area contributed by atoms with Gasteiger partial charge in [-0.1, -0.05) is 12.1 Å². The van der Waals surface area contributed by atoms with E-state index in [4.69, 9.17) is 10.5 Å². The first kappa shape index (κ1) is 16.3. The lowest BCUT2D eigenvalue weighted by atomic mass is 9.71. The predicted octanol–water partition coefficient (Wildman–Crippen LogP) is 3.01. The molecule has 0 spiro atoms. The second-order valence-electron chi connectivity index (χ2n) is 6.75. The number of aryl methyl sites for hydroxylation is 2. The van der Waals surface area contributed by atoms with Crippen LogP contribution >= 0.6 is 0 Å². The Hall–Kier alpha value is -1.06. The summed E-state index contributed by atoms with van der Waals surface area (Å²) >= 11 is 0. The normalized spacial score (nSPS) is 21.8. The van der Waals surface area contributed by atoms with E-state index in [2.05, 4.69) is 45.0 Å². The van der Waals surface area contributed by atoms with E-state index in [1.165, 1.54) is 23.1 Å². The fourth-order valence-electron chi connectivity index (χ4n) is 3.63. The lowest BCUT2D eigenvalue weighted by Crippen LogP contribution is -2.36. The highest BCUT2D eigenvalue weighted by Crippen LogP contribution is 2.44. The molecular weight excluding hydrogens is 260 g/mol. The van der Waals surface area contributed by atoms with Crippen LogP contribution in [-0.2, 0) is 5.41 Å². The summed E-state index contributed by atoms with van der Waals surface area (Å²) in [7, 11) is 4.27. The van der Waals surface area contributed by atoms with Crippen LogP contribution in [0.5, 0.6) is 5.75 Å². The summed E-state index contributed by atoms with van der Waals surface area (Å²) < 4.78 is 6.08. The van der Waals surface area contributed by atoms with Gasteiger partial charge in [0.2, 0.25) is 0 Å². The third-order valence-electron chi connectivity index (χ3n) is 4.79. The molecule has 0 radical (unpaired) electrons. The smallest absolute Gasteiger partial charge is 0.126 e. The van der Waals surface area contributed by atoms with Gasteiger partial charge < -0.3 is 15.4 Å². The largest absolute Gasteiger partial charge is 0.493 e. The Labute approximate surface area is 129 Å². The molecule has 0 saturated carbocycles. The molecule has 1 aliphatic heterocycles. The molecule has 1 heterocycles. The van der Waals surface area contributed by atoms with Gasteiger partial charge in [0.15, 0.2) is 0 Å². The average molecular weight is 290 g/mol. The minimum absolute atomic E-state index is 0.0813. The van der Waals surface area contributed by atoms with Crippen molar-refractivity contribution in [2.24, 2.45) is 5.73 Å². The molecule has 0 saturated heterocycles.